The fourth-order valence-electron chi connectivity index (χ4n) is 1.45. The highest BCUT2D eigenvalue weighted by atomic mass is 127. The van der Waals surface area contributed by atoms with E-state index in [4.69, 9.17) is 11.1 Å². The Balaban J connectivity index is 2.21. The van der Waals surface area contributed by atoms with Crippen LogP contribution in [0.15, 0.2) is 36.7 Å². The quantitative estimate of drug-likeness (QED) is 0.513. The number of hydrogen-bond donors (Lipinski definition) is 2. The molecular weight excluding hydrogens is 315 g/mol. The van der Waals surface area contributed by atoms with Gasteiger partial charge in [-0.15, -0.1) is 0 Å². The van der Waals surface area contributed by atoms with Crippen LogP contribution in [0, 0.1) is 8.98 Å². The van der Waals surface area contributed by atoms with E-state index in [0.717, 1.165) is 14.7 Å². The van der Waals surface area contributed by atoms with Gasteiger partial charge in [-0.05, 0) is 34.2 Å². The number of nitrogens with zero attached hydrogens (tertiary/aromatic N) is 2. The van der Waals surface area contributed by atoms with Crippen molar-refractivity contribution in [1.82, 2.24) is 9.78 Å². The van der Waals surface area contributed by atoms with E-state index >= 15 is 0 Å². The number of hydrogen-bond acceptors (Lipinski definition) is 2. The summed E-state index contributed by atoms with van der Waals surface area (Å²) in [4.78, 5) is 0. The van der Waals surface area contributed by atoms with Crippen molar-refractivity contribution in [2.75, 3.05) is 0 Å². The topological polar surface area (TPSA) is 67.7 Å². The first-order valence-corrected chi connectivity index (χ1v) is 5.84. The number of nitrogens with two attached hydrogens (primary N) is 1. The van der Waals surface area contributed by atoms with E-state index in [1.54, 1.807) is 0 Å². The van der Waals surface area contributed by atoms with Gasteiger partial charge in [-0.1, -0.05) is 18.2 Å². The van der Waals surface area contributed by atoms with Gasteiger partial charge in [0.2, 0.25) is 0 Å². The number of amidine groups is 1. The molecule has 0 saturated carbocycles. The number of nitrogen functional groups attached to an aromatic ring is 1. The number of benzene rings is 1. The third-order valence-corrected chi connectivity index (χ3v) is 2.74. The Morgan fingerprint density at radius 2 is 2.31 bits per heavy atom. The molecule has 1 aromatic heterocycles. The molecule has 0 atom stereocenters. The molecule has 2 aromatic rings. The Morgan fingerprint density at radius 1 is 1.50 bits per heavy atom. The fourth-order valence-corrected chi connectivity index (χ4v) is 1.90. The van der Waals surface area contributed by atoms with Gasteiger partial charge in [0.05, 0.1) is 16.3 Å². The lowest BCUT2D eigenvalue weighted by molar-refractivity contribution is 0.686. The molecule has 1 aromatic carbocycles. The molecule has 2 rings (SSSR count). The van der Waals surface area contributed by atoms with Crippen LogP contribution in [-0.4, -0.2) is 15.6 Å². The molecule has 3 N–H and O–H groups in total. The molecular formula is C11H11IN4. The second-order valence-corrected chi connectivity index (χ2v) is 4.72. The standard InChI is InChI=1S/C11H11IN4/c12-10-5-15-16(7-10)6-8-2-1-3-9(4-8)11(13)14/h1-5,7H,6H2,(H3,13,14). The van der Waals surface area contributed by atoms with Gasteiger partial charge < -0.3 is 5.73 Å². The molecule has 16 heavy (non-hydrogen) atoms. The molecule has 0 fully saturated rings. The normalized spacial score (nSPS) is 10.3. The first-order chi connectivity index (χ1) is 7.65. The van der Waals surface area contributed by atoms with Gasteiger partial charge in [0.1, 0.15) is 5.84 Å². The van der Waals surface area contributed by atoms with Gasteiger partial charge in [0.15, 0.2) is 0 Å². The molecule has 1 heterocycles. The highest BCUT2D eigenvalue weighted by Crippen LogP contribution is 2.08. The van der Waals surface area contributed by atoms with Crippen LogP contribution < -0.4 is 5.73 Å². The van der Waals surface area contributed by atoms with E-state index < -0.39 is 0 Å². The van der Waals surface area contributed by atoms with Crippen molar-refractivity contribution in [2.24, 2.45) is 5.73 Å². The smallest absolute Gasteiger partial charge is 0.122 e. The second-order valence-electron chi connectivity index (χ2n) is 3.47. The molecule has 0 spiro atoms. The number of nitrogens with one attached hydrogen (secondary N) is 1. The molecule has 0 unspecified atom stereocenters. The van der Waals surface area contributed by atoms with E-state index in [1.807, 2.05) is 41.3 Å². The zero-order valence-electron chi connectivity index (χ0n) is 8.52. The predicted octanol–water partition coefficient (Wildman–Crippen LogP) is 1.82. The number of halogens is 1. The average Bonchev–Trinajstić information content (AvgIpc) is 2.64. The number of aromatic nitrogens is 2. The third-order valence-electron chi connectivity index (χ3n) is 2.18. The Labute approximate surface area is 107 Å². The van der Waals surface area contributed by atoms with E-state index in [0.29, 0.717) is 6.54 Å². The van der Waals surface area contributed by atoms with Crippen molar-refractivity contribution in [2.45, 2.75) is 6.54 Å². The molecule has 0 saturated heterocycles. The second kappa shape index (κ2) is 4.65. The summed E-state index contributed by atoms with van der Waals surface area (Å²) in [5.41, 5.74) is 7.28. The van der Waals surface area contributed by atoms with Gasteiger partial charge in [-0.3, -0.25) is 10.1 Å². The number of rotatable bonds is 3. The molecule has 0 aliphatic carbocycles. The molecule has 0 amide bonds. The zero-order chi connectivity index (χ0) is 11.5. The van der Waals surface area contributed by atoms with Gasteiger partial charge in [-0.2, -0.15) is 5.10 Å². The van der Waals surface area contributed by atoms with Crippen LogP contribution in [-0.2, 0) is 6.54 Å². The average molecular weight is 326 g/mol. The maximum atomic E-state index is 7.37. The summed E-state index contributed by atoms with van der Waals surface area (Å²) in [6.07, 6.45) is 3.79. The molecule has 0 bridgehead atoms. The molecule has 0 aliphatic rings. The maximum absolute atomic E-state index is 7.37. The minimum absolute atomic E-state index is 0.0943. The van der Waals surface area contributed by atoms with E-state index in [9.17, 15) is 0 Å². The zero-order valence-corrected chi connectivity index (χ0v) is 10.7. The first kappa shape index (κ1) is 11.1. The summed E-state index contributed by atoms with van der Waals surface area (Å²) in [6.45, 7) is 0.699. The fraction of sp³-hybridized carbons (Fsp3) is 0.0909. The molecule has 0 aliphatic heterocycles. The Bertz CT molecular complexity index is 518. The summed E-state index contributed by atoms with van der Waals surface area (Å²) < 4.78 is 2.97. The van der Waals surface area contributed by atoms with Crippen LogP contribution in [0.5, 0.6) is 0 Å². The van der Waals surface area contributed by atoms with Crippen molar-refractivity contribution in [1.29, 1.82) is 5.41 Å². The summed E-state index contributed by atoms with van der Waals surface area (Å²) in [5, 5.41) is 11.6. The van der Waals surface area contributed by atoms with Crippen LogP contribution in [0.2, 0.25) is 0 Å². The molecule has 82 valence electrons. The molecule has 4 nitrogen and oxygen atoms in total. The lowest BCUT2D eigenvalue weighted by Crippen LogP contribution is -2.11. The van der Waals surface area contributed by atoms with Crippen molar-refractivity contribution in [3.05, 3.63) is 51.4 Å². The van der Waals surface area contributed by atoms with Crippen LogP contribution in [0.1, 0.15) is 11.1 Å². The van der Waals surface area contributed by atoms with Crippen molar-refractivity contribution in [3.8, 4) is 0 Å². The Morgan fingerprint density at radius 3 is 2.94 bits per heavy atom. The lowest BCUT2D eigenvalue weighted by atomic mass is 10.1. The first-order valence-electron chi connectivity index (χ1n) is 4.76. The van der Waals surface area contributed by atoms with Crippen LogP contribution in [0.25, 0.3) is 0 Å². The lowest BCUT2D eigenvalue weighted by Gasteiger charge is -2.04. The summed E-state index contributed by atoms with van der Waals surface area (Å²) in [5.74, 6) is 0.0943. The van der Waals surface area contributed by atoms with Crippen LogP contribution in [0.4, 0.5) is 0 Å². The molecule has 5 heteroatoms. The van der Waals surface area contributed by atoms with Gasteiger partial charge in [0.25, 0.3) is 0 Å². The SMILES string of the molecule is N=C(N)c1cccc(Cn2cc(I)cn2)c1. The monoisotopic (exact) mass is 326 g/mol. The van der Waals surface area contributed by atoms with Crippen molar-refractivity contribution < 1.29 is 0 Å². The van der Waals surface area contributed by atoms with E-state index in [-0.39, 0.29) is 5.84 Å². The summed E-state index contributed by atoms with van der Waals surface area (Å²) in [6, 6.07) is 7.65. The van der Waals surface area contributed by atoms with Gasteiger partial charge in [0, 0.05) is 11.8 Å². The molecule has 0 radical (unpaired) electrons. The maximum Gasteiger partial charge on any atom is 0.122 e. The van der Waals surface area contributed by atoms with Crippen LogP contribution in [0.3, 0.4) is 0 Å². The predicted molar refractivity (Wildman–Crippen MR) is 71.5 cm³/mol. The minimum Gasteiger partial charge on any atom is -0.384 e. The van der Waals surface area contributed by atoms with Crippen molar-refractivity contribution >= 4 is 28.4 Å². The minimum atomic E-state index is 0.0943. The highest BCUT2D eigenvalue weighted by Gasteiger charge is 2.00. The highest BCUT2D eigenvalue weighted by molar-refractivity contribution is 14.1. The van der Waals surface area contributed by atoms with Gasteiger partial charge >= 0.3 is 0 Å². The van der Waals surface area contributed by atoms with Crippen molar-refractivity contribution in [3.63, 3.8) is 0 Å². The largest absolute Gasteiger partial charge is 0.384 e. The van der Waals surface area contributed by atoms with Gasteiger partial charge in [-0.25, -0.2) is 0 Å². The van der Waals surface area contributed by atoms with Crippen LogP contribution >= 0.6 is 22.6 Å². The third kappa shape index (κ3) is 2.60. The van der Waals surface area contributed by atoms with E-state index in [2.05, 4.69) is 27.7 Å². The van der Waals surface area contributed by atoms with E-state index in [1.165, 1.54) is 0 Å². The Hall–Kier alpha value is -1.37. The Kier molecular flexibility index (Phi) is 3.23. The summed E-state index contributed by atoms with van der Waals surface area (Å²) >= 11 is 2.22. The summed E-state index contributed by atoms with van der Waals surface area (Å²) in [7, 11) is 0.